The molecule has 67 valence electrons. The van der Waals surface area contributed by atoms with Crippen molar-refractivity contribution in [2.24, 2.45) is 0 Å². The number of halogens is 1. The SMILES string of the molecule is C/C=C(F)\C=C(/C[B]O)[C@@H](C)O. The van der Waals surface area contributed by atoms with Gasteiger partial charge in [-0.25, -0.2) is 4.39 Å². The van der Waals surface area contributed by atoms with Gasteiger partial charge < -0.3 is 10.1 Å². The molecule has 0 aromatic carbocycles. The highest BCUT2D eigenvalue weighted by Gasteiger charge is 2.05. The number of hydrogen-bond acceptors (Lipinski definition) is 2. The first-order valence-corrected chi connectivity index (χ1v) is 3.78. The molecule has 0 bridgehead atoms. The van der Waals surface area contributed by atoms with Crippen molar-refractivity contribution in [2.45, 2.75) is 26.3 Å². The van der Waals surface area contributed by atoms with Crippen molar-refractivity contribution in [3.63, 3.8) is 0 Å². The number of aliphatic hydroxyl groups excluding tert-OH is 1. The Bertz CT molecular complexity index is 187. The van der Waals surface area contributed by atoms with Crippen LogP contribution in [-0.4, -0.2) is 23.7 Å². The molecule has 0 rings (SSSR count). The van der Waals surface area contributed by atoms with E-state index in [9.17, 15) is 4.39 Å². The van der Waals surface area contributed by atoms with Crippen LogP contribution in [0.1, 0.15) is 13.8 Å². The van der Waals surface area contributed by atoms with E-state index in [1.54, 1.807) is 6.92 Å². The number of rotatable bonds is 4. The van der Waals surface area contributed by atoms with Gasteiger partial charge in [0.2, 0.25) is 0 Å². The molecule has 12 heavy (non-hydrogen) atoms. The lowest BCUT2D eigenvalue weighted by atomic mass is 9.87. The molecule has 2 nitrogen and oxygen atoms in total. The smallest absolute Gasteiger partial charge is 0.291 e. The highest BCUT2D eigenvalue weighted by molar-refractivity contribution is 6.26. The maximum atomic E-state index is 12.6. The molecule has 2 N–H and O–H groups in total. The zero-order chi connectivity index (χ0) is 9.56. The summed E-state index contributed by atoms with van der Waals surface area (Å²) in [5, 5.41) is 17.5. The molecule has 0 unspecified atom stereocenters. The molecule has 0 aromatic rings. The van der Waals surface area contributed by atoms with Crippen molar-refractivity contribution in [1.29, 1.82) is 0 Å². The Morgan fingerprint density at radius 2 is 2.25 bits per heavy atom. The van der Waals surface area contributed by atoms with Crippen LogP contribution in [0.5, 0.6) is 0 Å². The summed E-state index contributed by atoms with van der Waals surface area (Å²) in [5.74, 6) is -0.409. The number of hydrogen-bond donors (Lipinski definition) is 2. The third-order valence-electron chi connectivity index (χ3n) is 1.46. The summed E-state index contributed by atoms with van der Waals surface area (Å²) in [7, 11) is 0.890. The summed E-state index contributed by atoms with van der Waals surface area (Å²) >= 11 is 0. The zero-order valence-electron chi connectivity index (χ0n) is 7.29. The fraction of sp³-hybridized carbons (Fsp3) is 0.500. The Balaban J connectivity index is 4.38. The summed E-state index contributed by atoms with van der Waals surface area (Å²) in [6, 6.07) is 0. The van der Waals surface area contributed by atoms with Gasteiger partial charge in [-0.3, -0.25) is 0 Å². The quantitative estimate of drug-likeness (QED) is 0.492. The van der Waals surface area contributed by atoms with Crippen molar-refractivity contribution in [1.82, 2.24) is 0 Å². The third kappa shape index (κ3) is 4.31. The summed E-state index contributed by atoms with van der Waals surface area (Å²) < 4.78 is 12.6. The lowest BCUT2D eigenvalue weighted by Gasteiger charge is -2.07. The summed E-state index contributed by atoms with van der Waals surface area (Å²) in [4.78, 5) is 0. The molecule has 0 saturated carbocycles. The second-order valence-electron chi connectivity index (χ2n) is 2.46. The Hall–Kier alpha value is -0.605. The van der Waals surface area contributed by atoms with E-state index in [1.165, 1.54) is 19.1 Å². The highest BCUT2D eigenvalue weighted by atomic mass is 19.1. The van der Waals surface area contributed by atoms with E-state index in [0.717, 1.165) is 7.48 Å². The van der Waals surface area contributed by atoms with Crippen molar-refractivity contribution in [3.8, 4) is 0 Å². The van der Waals surface area contributed by atoms with Crippen molar-refractivity contribution in [2.75, 3.05) is 0 Å². The molecule has 0 aliphatic rings. The average molecular weight is 171 g/mol. The molecule has 1 atom stereocenters. The molecular weight excluding hydrogens is 158 g/mol. The molecule has 0 saturated heterocycles. The molecule has 0 spiro atoms. The minimum atomic E-state index is -0.737. The van der Waals surface area contributed by atoms with Gasteiger partial charge in [0.15, 0.2) is 0 Å². The first-order chi connectivity index (χ1) is 5.61. The van der Waals surface area contributed by atoms with Gasteiger partial charge in [-0.1, -0.05) is 6.08 Å². The Labute approximate surface area is 72.7 Å². The van der Waals surface area contributed by atoms with E-state index in [-0.39, 0.29) is 6.32 Å². The highest BCUT2D eigenvalue weighted by Crippen LogP contribution is 2.11. The van der Waals surface area contributed by atoms with Crippen LogP contribution in [0.2, 0.25) is 6.32 Å². The zero-order valence-corrected chi connectivity index (χ0v) is 7.29. The van der Waals surface area contributed by atoms with E-state index in [1.807, 2.05) is 0 Å². The predicted molar refractivity (Wildman–Crippen MR) is 47.4 cm³/mol. The fourth-order valence-electron chi connectivity index (χ4n) is 0.716. The molecule has 1 radical (unpaired) electrons. The molecular formula is C8H13BFO2. The second-order valence-corrected chi connectivity index (χ2v) is 2.46. The largest absolute Gasteiger partial charge is 0.454 e. The van der Waals surface area contributed by atoms with Crippen LogP contribution in [0.15, 0.2) is 23.6 Å². The summed E-state index contributed by atoms with van der Waals surface area (Å²) in [5.41, 5.74) is 0.452. The van der Waals surface area contributed by atoms with Crippen LogP contribution in [0.25, 0.3) is 0 Å². The summed E-state index contributed by atoms with van der Waals surface area (Å²) in [6.07, 6.45) is 1.95. The number of aliphatic hydroxyl groups is 1. The fourth-order valence-corrected chi connectivity index (χ4v) is 0.716. The maximum Gasteiger partial charge on any atom is 0.291 e. The minimum absolute atomic E-state index is 0.179. The van der Waals surface area contributed by atoms with Gasteiger partial charge >= 0.3 is 0 Å². The second kappa shape index (κ2) is 5.97. The molecule has 0 aliphatic heterocycles. The van der Waals surface area contributed by atoms with Gasteiger partial charge in [0.25, 0.3) is 7.48 Å². The van der Waals surface area contributed by atoms with Crippen LogP contribution in [-0.2, 0) is 0 Å². The van der Waals surface area contributed by atoms with E-state index in [4.69, 9.17) is 10.1 Å². The lowest BCUT2D eigenvalue weighted by molar-refractivity contribution is 0.230. The normalized spacial score (nSPS) is 16.1. The van der Waals surface area contributed by atoms with Crippen molar-refractivity contribution >= 4 is 7.48 Å². The van der Waals surface area contributed by atoms with E-state index >= 15 is 0 Å². The molecule has 0 fully saturated rings. The molecule has 0 aliphatic carbocycles. The van der Waals surface area contributed by atoms with Crippen LogP contribution in [0, 0.1) is 0 Å². The predicted octanol–water partition coefficient (Wildman–Crippen LogP) is 1.20. The van der Waals surface area contributed by atoms with Crippen molar-refractivity contribution in [3.05, 3.63) is 23.6 Å². The third-order valence-corrected chi connectivity index (χ3v) is 1.46. The van der Waals surface area contributed by atoms with Crippen LogP contribution in [0.3, 0.4) is 0 Å². The Morgan fingerprint density at radius 3 is 2.58 bits per heavy atom. The standard InChI is InChI=1S/C8H13BFO2/c1-3-8(10)4-7(5-9-12)6(2)11/h3-4,6,11-12H,5H2,1-2H3/b7-4+,8-3+/t6-/m1/s1. The Morgan fingerprint density at radius 1 is 1.67 bits per heavy atom. The first-order valence-electron chi connectivity index (χ1n) is 3.78. The summed E-state index contributed by atoms with van der Waals surface area (Å²) in [6.45, 7) is 3.09. The van der Waals surface area contributed by atoms with Gasteiger partial charge in [-0.15, -0.1) is 0 Å². The topological polar surface area (TPSA) is 40.5 Å². The Kier molecular flexibility index (Phi) is 5.67. The maximum absolute atomic E-state index is 12.6. The minimum Gasteiger partial charge on any atom is -0.454 e. The van der Waals surface area contributed by atoms with E-state index in [2.05, 4.69) is 0 Å². The van der Waals surface area contributed by atoms with Gasteiger partial charge in [0.1, 0.15) is 5.83 Å². The average Bonchev–Trinajstić information content (AvgIpc) is 2.03. The van der Waals surface area contributed by atoms with Crippen LogP contribution >= 0.6 is 0 Å². The molecule has 0 amide bonds. The van der Waals surface area contributed by atoms with Gasteiger partial charge in [-0.2, -0.15) is 0 Å². The van der Waals surface area contributed by atoms with Crippen LogP contribution < -0.4 is 0 Å². The van der Waals surface area contributed by atoms with Crippen LogP contribution in [0.4, 0.5) is 4.39 Å². The molecule has 0 heterocycles. The lowest BCUT2D eigenvalue weighted by Crippen LogP contribution is -2.06. The monoisotopic (exact) mass is 171 g/mol. The van der Waals surface area contributed by atoms with E-state index in [0.29, 0.717) is 5.57 Å². The molecule has 4 heteroatoms. The number of allylic oxidation sites excluding steroid dienone is 3. The van der Waals surface area contributed by atoms with E-state index < -0.39 is 11.9 Å². The van der Waals surface area contributed by atoms with Gasteiger partial charge in [0.05, 0.1) is 6.10 Å². The first kappa shape index (κ1) is 11.4. The van der Waals surface area contributed by atoms with Gasteiger partial charge in [-0.05, 0) is 31.8 Å². The van der Waals surface area contributed by atoms with Gasteiger partial charge in [0, 0.05) is 0 Å². The van der Waals surface area contributed by atoms with Crippen molar-refractivity contribution < 1.29 is 14.5 Å². The molecule has 0 aromatic heterocycles.